The number of hydrogen-bond acceptors (Lipinski definition) is 0. The first-order chi connectivity index (χ1) is 6.49. The van der Waals surface area contributed by atoms with E-state index >= 15 is 0 Å². The highest BCUT2D eigenvalue weighted by Crippen LogP contribution is 2.22. The number of rotatable bonds is 3. The largest absolute Gasteiger partial charge is 0.0843 e. The fraction of sp³-hybridized carbons (Fsp3) is 0.538. The van der Waals surface area contributed by atoms with E-state index in [2.05, 4.69) is 45.9 Å². The lowest BCUT2D eigenvalue weighted by Crippen LogP contribution is -1.96. The number of benzene rings is 1. The zero-order chi connectivity index (χ0) is 10.7. The second kappa shape index (κ2) is 4.84. The zero-order valence-corrected chi connectivity index (χ0v) is 10.2. The Morgan fingerprint density at radius 2 is 1.71 bits per heavy atom. The maximum absolute atomic E-state index is 6.08. The number of halogens is 1. The van der Waals surface area contributed by atoms with E-state index in [0.717, 1.165) is 11.4 Å². The molecule has 0 saturated carbocycles. The Bertz CT molecular complexity index is 300. The first-order valence-electron chi connectivity index (χ1n) is 5.28. The topological polar surface area (TPSA) is 0 Å². The standard InChI is InChI=1S/C13H19Cl/c1-9(2)5-11-6-12(10(3)4)8-13(14)7-11/h6-10H,5H2,1-4H3. The summed E-state index contributed by atoms with van der Waals surface area (Å²) in [7, 11) is 0. The lowest BCUT2D eigenvalue weighted by molar-refractivity contribution is 0.646. The Kier molecular flexibility index (Phi) is 4.00. The van der Waals surface area contributed by atoms with Crippen molar-refractivity contribution in [3.63, 3.8) is 0 Å². The highest BCUT2D eigenvalue weighted by molar-refractivity contribution is 6.30. The Morgan fingerprint density at radius 1 is 1.07 bits per heavy atom. The zero-order valence-electron chi connectivity index (χ0n) is 9.47. The Balaban J connectivity index is 2.95. The lowest BCUT2D eigenvalue weighted by Gasteiger charge is -2.11. The van der Waals surface area contributed by atoms with E-state index < -0.39 is 0 Å². The molecule has 0 aliphatic rings. The molecule has 0 spiro atoms. The van der Waals surface area contributed by atoms with Crippen LogP contribution in [0.4, 0.5) is 0 Å². The molecule has 1 aromatic carbocycles. The van der Waals surface area contributed by atoms with E-state index in [0.29, 0.717) is 11.8 Å². The molecule has 0 aromatic heterocycles. The SMILES string of the molecule is CC(C)Cc1cc(Cl)cc(C(C)C)c1. The minimum absolute atomic E-state index is 0.555. The summed E-state index contributed by atoms with van der Waals surface area (Å²) >= 11 is 6.08. The molecule has 0 radical (unpaired) electrons. The van der Waals surface area contributed by atoms with Crippen LogP contribution in [-0.2, 0) is 6.42 Å². The molecule has 0 amide bonds. The van der Waals surface area contributed by atoms with Crippen LogP contribution in [-0.4, -0.2) is 0 Å². The first-order valence-corrected chi connectivity index (χ1v) is 5.66. The molecule has 0 aliphatic heterocycles. The molecule has 0 aliphatic carbocycles. The summed E-state index contributed by atoms with van der Waals surface area (Å²) in [6.07, 6.45) is 1.11. The summed E-state index contributed by atoms with van der Waals surface area (Å²) in [4.78, 5) is 0. The van der Waals surface area contributed by atoms with Crippen molar-refractivity contribution in [1.82, 2.24) is 0 Å². The minimum atomic E-state index is 0.555. The molecule has 0 fully saturated rings. The van der Waals surface area contributed by atoms with Crippen LogP contribution in [0.15, 0.2) is 18.2 Å². The first kappa shape index (κ1) is 11.6. The maximum Gasteiger partial charge on any atom is 0.0411 e. The van der Waals surface area contributed by atoms with Gasteiger partial charge in [-0.25, -0.2) is 0 Å². The fourth-order valence-corrected chi connectivity index (χ4v) is 1.86. The van der Waals surface area contributed by atoms with Crippen molar-refractivity contribution < 1.29 is 0 Å². The normalized spacial score (nSPS) is 11.4. The van der Waals surface area contributed by atoms with Gasteiger partial charge < -0.3 is 0 Å². The van der Waals surface area contributed by atoms with Gasteiger partial charge >= 0.3 is 0 Å². The summed E-state index contributed by atoms with van der Waals surface area (Å²) in [6, 6.07) is 6.42. The van der Waals surface area contributed by atoms with Crippen molar-refractivity contribution in [3.8, 4) is 0 Å². The van der Waals surface area contributed by atoms with E-state index in [-0.39, 0.29) is 0 Å². The summed E-state index contributed by atoms with van der Waals surface area (Å²) in [5, 5.41) is 0.867. The van der Waals surface area contributed by atoms with Gasteiger partial charge in [0.05, 0.1) is 0 Å². The maximum atomic E-state index is 6.08. The van der Waals surface area contributed by atoms with Crippen molar-refractivity contribution in [2.45, 2.75) is 40.0 Å². The van der Waals surface area contributed by atoms with Gasteiger partial charge in [0, 0.05) is 5.02 Å². The van der Waals surface area contributed by atoms with E-state index in [9.17, 15) is 0 Å². The van der Waals surface area contributed by atoms with Gasteiger partial charge in [-0.1, -0.05) is 45.4 Å². The molecule has 0 saturated heterocycles. The van der Waals surface area contributed by atoms with Gasteiger partial charge in [-0.2, -0.15) is 0 Å². The molecule has 0 bridgehead atoms. The molecule has 0 atom stereocenters. The van der Waals surface area contributed by atoms with Crippen molar-refractivity contribution in [3.05, 3.63) is 34.3 Å². The van der Waals surface area contributed by atoms with Crippen molar-refractivity contribution in [2.24, 2.45) is 5.92 Å². The van der Waals surface area contributed by atoms with Crippen molar-refractivity contribution in [2.75, 3.05) is 0 Å². The predicted octanol–water partition coefficient (Wildman–Crippen LogP) is 4.66. The minimum Gasteiger partial charge on any atom is -0.0843 e. The monoisotopic (exact) mass is 210 g/mol. The van der Waals surface area contributed by atoms with Crippen molar-refractivity contribution >= 4 is 11.6 Å². The molecule has 1 aromatic rings. The average molecular weight is 211 g/mol. The molecule has 0 heterocycles. The highest BCUT2D eigenvalue weighted by Gasteiger charge is 2.04. The van der Waals surface area contributed by atoms with E-state index in [1.54, 1.807) is 0 Å². The van der Waals surface area contributed by atoms with Gasteiger partial charge in [-0.05, 0) is 41.5 Å². The van der Waals surface area contributed by atoms with Crippen LogP contribution in [0.3, 0.4) is 0 Å². The van der Waals surface area contributed by atoms with Crippen LogP contribution in [0.25, 0.3) is 0 Å². The second-order valence-corrected chi connectivity index (χ2v) is 5.08. The van der Waals surface area contributed by atoms with Crippen LogP contribution >= 0.6 is 11.6 Å². The molecule has 1 rings (SSSR count). The summed E-state index contributed by atoms with van der Waals surface area (Å²) < 4.78 is 0. The van der Waals surface area contributed by atoms with Crippen LogP contribution in [0.1, 0.15) is 44.7 Å². The third-order valence-corrected chi connectivity index (χ3v) is 2.51. The molecular formula is C13H19Cl. The summed E-state index contributed by atoms with van der Waals surface area (Å²) in [5.74, 6) is 1.24. The van der Waals surface area contributed by atoms with Crippen LogP contribution in [0, 0.1) is 5.92 Å². The van der Waals surface area contributed by atoms with E-state index in [1.807, 2.05) is 0 Å². The molecule has 0 unspecified atom stereocenters. The second-order valence-electron chi connectivity index (χ2n) is 4.65. The van der Waals surface area contributed by atoms with Crippen LogP contribution in [0.2, 0.25) is 5.02 Å². The predicted molar refractivity (Wildman–Crippen MR) is 64.1 cm³/mol. The van der Waals surface area contributed by atoms with Gasteiger partial charge in [-0.15, -0.1) is 0 Å². The highest BCUT2D eigenvalue weighted by atomic mass is 35.5. The van der Waals surface area contributed by atoms with Gasteiger partial charge in [0.15, 0.2) is 0 Å². The third-order valence-electron chi connectivity index (χ3n) is 2.29. The van der Waals surface area contributed by atoms with E-state index in [1.165, 1.54) is 11.1 Å². The van der Waals surface area contributed by atoms with Crippen LogP contribution < -0.4 is 0 Å². The molecule has 78 valence electrons. The summed E-state index contributed by atoms with van der Waals surface area (Å²) in [6.45, 7) is 8.86. The van der Waals surface area contributed by atoms with Gasteiger partial charge in [0.1, 0.15) is 0 Å². The fourth-order valence-electron chi connectivity index (χ4n) is 1.60. The van der Waals surface area contributed by atoms with Crippen LogP contribution in [0.5, 0.6) is 0 Å². The molecule has 0 N–H and O–H groups in total. The van der Waals surface area contributed by atoms with Gasteiger partial charge in [0.2, 0.25) is 0 Å². The van der Waals surface area contributed by atoms with E-state index in [4.69, 9.17) is 11.6 Å². The summed E-state index contributed by atoms with van der Waals surface area (Å²) in [5.41, 5.74) is 2.70. The lowest BCUT2D eigenvalue weighted by atomic mass is 9.96. The molecule has 14 heavy (non-hydrogen) atoms. The smallest absolute Gasteiger partial charge is 0.0411 e. The Hall–Kier alpha value is -0.490. The Morgan fingerprint density at radius 3 is 2.21 bits per heavy atom. The van der Waals surface area contributed by atoms with Gasteiger partial charge in [-0.3, -0.25) is 0 Å². The average Bonchev–Trinajstić information content (AvgIpc) is 2.01. The quantitative estimate of drug-likeness (QED) is 0.681. The number of hydrogen-bond donors (Lipinski definition) is 0. The van der Waals surface area contributed by atoms with Crippen molar-refractivity contribution in [1.29, 1.82) is 0 Å². The third kappa shape index (κ3) is 3.34. The molecule has 0 nitrogen and oxygen atoms in total. The van der Waals surface area contributed by atoms with Gasteiger partial charge in [0.25, 0.3) is 0 Å². The molecule has 1 heteroatoms. The molecular weight excluding hydrogens is 192 g/mol. The Labute approximate surface area is 92.3 Å².